The average molecular weight is 331 g/mol. The number of cyclic esters (lactones) is 1. The van der Waals surface area contributed by atoms with Gasteiger partial charge in [0.1, 0.15) is 12.4 Å². The van der Waals surface area contributed by atoms with Crippen molar-refractivity contribution in [2.45, 2.75) is 19.0 Å². The van der Waals surface area contributed by atoms with Crippen molar-refractivity contribution in [1.82, 2.24) is 10.1 Å². The highest BCUT2D eigenvalue weighted by Gasteiger charge is 2.38. The number of carbonyl (C=O) groups is 2. The van der Waals surface area contributed by atoms with Gasteiger partial charge in [0.15, 0.2) is 0 Å². The zero-order valence-electron chi connectivity index (χ0n) is 12.6. The van der Waals surface area contributed by atoms with Gasteiger partial charge in [0, 0.05) is 19.2 Å². The van der Waals surface area contributed by atoms with Crippen molar-refractivity contribution in [3.8, 4) is 0 Å². The number of benzene rings is 1. The molecule has 2 amide bonds. The lowest BCUT2D eigenvalue weighted by molar-refractivity contribution is 0.0692. The zero-order chi connectivity index (χ0) is 16.7. The van der Waals surface area contributed by atoms with Gasteiger partial charge in [0.25, 0.3) is 5.91 Å². The third-order valence-electron chi connectivity index (χ3n) is 4.30. The summed E-state index contributed by atoms with van der Waals surface area (Å²) in [6, 6.07) is 5.47. The first kappa shape index (κ1) is 14.7. The number of anilines is 1. The van der Waals surface area contributed by atoms with Crippen LogP contribution in [0.5, 0.6) is 0 Å². The molecule has 1 aromatic heterocycles. The summed E-state index contributed by atoms with van der Waals surface area (Å²) in [4.78, 5) is 27.7. The number of halogens is 1. The van der Waals surface area contributed by atoms with Gasteiger partial charge in [-0.15, -0.1) is 0 Å². The standard InChI is InChI=1S/C16H14FN3O4/c17-11-2-1-10-8-19(15(21)14-3-5-18-24-14)6-4-12-9-23-16(22)20(12)13(10)7-11/h1-3,5,7,12H,4,6,8-9H2/t12-/m0/s1. The fourth-order valence-electron chi connectivity index (χ4n) is 3.11. The minimum absolute atomic E-state index is 0.148. The summed E-state index contributed by atoms with van der Waals surface area (Å²) in [5, 5.41) is 3.55. The second kappa shape index (κ2) is 5.63. The highest BCUT2D eigenvalue weighted by Crippen LogP contribution is 2.32. The van der Waals surface area contributed by atoms with Crippen LogP contribution < -0.4 is 4.90 Å². The van der Waals surface area contributed by atoms with Crippen molar-refractivity contribution in [3.63, 3.8) is 0 Å². The Morgan fingerprint density at radius 3 is 3.00 bits per heavy atom. The number of carbonyl (C=O) groups excluding carboxylic acids is 2. The molecule has 0 N–H and O–H groups in total. The second-order valence-electron chi connectivity index (χ2n) is 5.77. The van der Waals surface area contributed by atoms with Crippen LogP contribution in [0.2, 0.25) is 0 Å². The zero-order valence-corrected chi connectivity index (χ0v) is 12.6. The molecule has 0 radical (unpaired) electrons. The van der Waals surface area contributed by atoms with Crippen LogP contribution in [0.15, 0.2) is 35.0 Å². The SMILES string of the molecule is O=C(c1ccno1)N1CC[C@H]2COC(=O)N2c2cc(F)ccc2C1. The Hall–Kier alpha value is -2.90. The monoisotopic (exact) mass is 331 g/mol. The van der Waals surface area contributed by atoms with E-state index in [4.69, 9.17) is 9.26 Å². The van der Waals surface area contributed by atoms with Gasteiger partial charge in [-0.05, 0) is 24.1 Å². The van der Waals surface area contributed by atoms with Gasteiger partial charge >= 0.3 is 6.09 Å². The van der Waals surface area contributed by atoms with Gasteiger partial charge in [-0.25, -0.2) is 9.18 Å². The third-order valence-corrected chi connectivity index (χ3v) is 4.30. The molecule has 24 heavy (non-hydrogen) atoms. The normalized spacial score (nSPS) is 20.0. The number of hydrogen-bond acceptors (Lipinski definition) is 5. The topological polar surface area (TPSA) is 75.9 Å². The Morgan fingerprint density at radius 2 is 2.21 bits per heavy atom. The predicted octanol–water partition coefficient (Wildman–Crippen LogP) is 2.19. The van der Waals surface area contributed by atoms with Gasteiger partial charge in [-0.1, -0.05) is 11.2 Å². The van der Waals surface area contributed by atoms with Crippen molar-refractivity contribution < 1.29 is 23.2 Å². The quantitative estimate of drug-likeness (QED) is 0.800. The Labute approximate surface area is 136 Å². The van der Waals surface area contributed by atoms with E-state index in [-0.39, 0.29) is 30.9 Å². The number of nitrogens with zero attached hydrogens (tertiary/aromatic N) is 3. The number of amides is 2. The van der Waals surface area contributed by atoms with Crippen molar-refractivity contribution in [1.29, 1.82) is 0 Å². The lowest BCUT2D eigenvalue weighted by Gasteiger charge is -2.31. The van der Waals surface area contributed by atoms with Crippen molar-refractivity contribution >= 4 is 17.7 Å². The molecule has 1 saturated heterocycles. The van der Waals surface area contributed by atoms with Crippen molar-refractivity contribution in [2.24, 2.45) is 0 Å². The summed E-state index contributed by atoms with van der Waals surface area (Å²) in [7, 11) is 0. The van der Waals surface area contributed by atoms with E-state index in [1.165, 1.54) is 29.3 Å². The van der Waals surface area contributed by atoms with E-state index in [0.717, 1.165) is 0 Å². The fraction of sp³-hybridized carbons (Fsp3) is 0.312. The number of ether oxygens (including phenoxy) is 1. The first-order chi connectivity index (χ1) is 11.6. The van der Waals surface area contributed by atoms with Crippen LogP contribution in [-0.2, 0) is 11.3 Å². The lowest BCUT2D eigenvalue weighted by Crippen LogP contribution is -2.42. The van der Waals surface area contributed by atoms with E-state index >= 15 is 0 Å². The van der Waals surface area contributed by atoms with E-state index in [1.807, 2.05) is 0 Å². The molecule has 0 bridgehead atoms. The highest BCUT2D eigenvalue weighted by atomic mass is 19.1. The smallest absolute Gasteiger partial charge is 0.414 e. The number of hydrogen-bond donors (Lipinski definition) is 0. The van der Waals surface area contributed by atoms with E-state index in [9.17, 15) is 14.0 Å². The molecule has 4 rings (SSSR count). The summed E-state index contributed by atoms with van der Waals surface area (Å²) >= 11 is 0. The molecule has 2 aliphatic heterocycles. The number of aromatic nitrogens is 1. The molecule has 1 atom stereocenters. The van der Waals surface area contributed by atoms with E-state index in [1.54, 1.807) is 11.0 Å². The largest absolute Gasteiger partial charge is 0.447 e. The second-order valence-corrected chi connectivity index (χ2v) is 5.77. The predicted molar refractivity (Wildman–Crippen MR) is 79.9 cm³/mol. The van der Waals surface area contributed by atoms with Gasteiger partial charge in [-0.3, -0.25) is 9.69 Å². The van der Waals surface area contributed by atoms with Gasteiger partial charge in [-0.2, -0.15) is 0 Å². The van der Waals surface area contributed by atoms with Crippen LogP contribution in [-0.4, -0.2) is 41.3 Å². The molecule has 2 aliphatic rings. The molecule has 0 aliphatic carbocycles. The molecular weight excluding hydrogens is 317 g/mol. The Kier molecular flexibility index (Phi) is 3.44. The van der Waals surface area contributed by atoms with Crippen molar-refractivity contribution in [2.75, 3.05) is 18.1 Å². The van der Waals surface area contributed by atoms with Crippen LogP contribution in [0, 0.1) is 5.82 Å². The molecule has 1 aromatic carbocycles. The molecule has 0 unspecified atom stereocenters. The maximum absolute atomic E-state index is 13.7. The summed E-state index contributed by atoms with van der Waals surface area (Å²) in [5.41, 5.74) is 1.12. The summed E-state index contributed by atoms with van der Waals surface area (Å²) < 4.78 is 23.8. The fourth-order valence-corrected chi connectivity index (χ4v) is 3.11. The maximum Gasteiger partial charge on any atom is 0.414 e. The molecule has 1 fully saturated rings. The molecule has 0 spiro atoms. The summed E-state index contributed by atoms with van der Waals surface area (Å²) in [5.74, 6) is -0.586. The molecule has 124 valence electrons. The van der Waals surface area contributed by atoms with Crippen LogP contribution in [0.1, 0.15) is 22.5 Å². The minimum Gasteiger partial charge on any atom is -0.447 e. The van der Waals surface area contributed by atoms with Crippen LogP contribution >= 0.6 is 0 Å². The van der Waals surface area contributed by atoms with Gasteiger partial charge in [0.2, 0.25) is 5.76 Å². The number of fused-ring (bicyclic) bond motifs is 3. The van der Waals surface area contributed by atoms with Crippen LogP contribution in [0.4, 0.5) is 14.9 Å². The molecule has 2 aromatic rings. The maximum atomic E-state index is 13.7. The van der Waals surface area contributed by atoms with Gasteiger partial charge in [0.05, 0.1) is 17.9 Å². The summed E-state index contributed by atoms with van der Waals surface area (Å²) in [6.45, 7) is 0.888. The van der Waals surface area contributed by atoms with Gasteiger partial charge < -0.3 is 14.2 Å². The molecule has 8 heteroatoms. The third kappa shape index (κ3) is 2.40. The number of rotatable bonds is 1. The lowest BCUT2D eigenvalue weighted by atomic mass is 10.0. The van der Waals surface area contributed by atoms with E-state index in [2.05, 4.69) is 5.16 Å². The average Bonchev–Trinajstić information content (AvgIpc) is 3.20. The van der Waals surface area contributed by atoms with Crippen molar-refractivity contribution in [3.05, 3.63) is 47.6 Å². The Morgan fingerprint density at radius 1 is 1.33 bits per heavy atom. The van der Waals surface area contributed by atoms with E-state index in [0.29, 0.717) is 24.2 Å². The highest BCUT2D eigenvalue weighted by molar-refractivity contribution is 5.93. The minimum atomic E-state index is -0.484. The summed E-state index contributed by atoms with van der Waals surface area (Å²) in [6.07, 6.45) is 1.45. The molecule has 7 nitrogen and oxygen atoms in total. The first-order valence-corrected chi connectivity index (χ1v) is 7.58. The first-order valence-electron chi connectivity index (χ1n) is 7.58. The molecular formula is C16H14FN3O4. The van der Waals surface area contributed by atoms with Crippen LogP contribution in [0.3, 0.4) is 0 Å². The van der Waals surface area contributed by atoms with E-state index < -0.39 is 11.9 Å². The molecule has 3 heterocycles. The van der Waals surface area contributed by atoms with Crippen LogP contribution in [0.25, 0.3) is 0 Å². The Balaban J connectivity index is 1.73. The Bertz CT molecular complexity index is 793. The molecule has 0 saturated carbocycles.